The number of nitrogens with two attached hydrogens (primary N) is 1. The van der Waals surface area contributed by atoms with Gasteiger partial charge in [-0.25, -0.2) is 4.98 Å². The molecule has 0 amide bonds. The lowest BCUT2D eigenvalue weighted by Gasteiger charge is -2.17. The summed E-state index contributed by atoms with van der Waals surface area (Å²) < 4.78 is 5.56. The summed E-state index contributed by atoms with van der Waals surface area (Å²) >= 11 is 0. The topological polar surface area (TPSA) is 64.3 Å². The Morgan fingerprint density at radius 1 is 1.56 bits per heavy atom. The van der Waals surface area contributed by atoms with Crippen LogP contribution in [0.5, 0.6) is 0 Å². The molecule has 0 atom stereocenters. The van der Waals surface area contributed by atoms with E-state index < -0.39 is 0 Å². The van der Waals surface area contributed by atoms with E-state index in [2.05, 4.69) is 9.97 Å². The summed E-state index contributed by atoms with van der Waals surface area (Å²) in [5.74, 6) is 1.96. The molecule has 5 nitrogen and oxygen atoms in total. The molecule has 1 fully saturated rings. The summed E-state index contributed by atoms with van der Waals surface area (Å²) in [6.07, 6.45) is 4.33. The predicted molar refractivity (Wildman–Crippen MR) is 63.3 cm³/mol. The van der Waals surface area contributed by atoms with Gasteiger partial charge in [0.05, 0.1) is 6.61 Å². The van der Waals surface area contributed by atoms with Crippen molar-refractivity contribution in [3.63, 3.8) is 0 Å². The molecule has 0 unspecified atom stereocenters. The van der Waals surface area contributed by atoms with Crippen LogP contribution < -0.4 is 10.6 Å². The summed E-state index contributed by atoms with van der Waals surface area (Å²) in [4.78, 5) is 10.0. The van der Waals surface area contributed by atoms with Crippen LogP contribution in [-0.2, 0) is 4.74 Å². The molecular formula is C11H18N4O. The third kappa shape index (κ3) is 3.34. The number of nitrogen functional groups attached to an aromatic ring is 1. The van der Waals surface area contributed by atoms with Gasteiger partial charge in [0.2, 0.25) is 5.95 Å². The molecule has 1 aliphatic carbocycles. The Kier molecular flexibility index (Phi) is 3.56. The van der Waals surface area contributed by atoms with Crippen LogP contribution in [0.3, 0.4) is 0 Å². The van der Waals surface area contributed by atoms with E-state index in [1.807, 2.05) is 18.0 Å². The molecule has 2 rings (SSSR count). The number of rotatable bonds is 6. The van der Waals surface area contributed by atoms with Crippen LogP contribution in [-0.4, -0.2) is 36.8 Å². The van der Waals surface area contributed by atoms with Gasteiger partial charge in [-0.2, -0.15) is 4.98 Å². The smallest absolute Gasteiger partial charge is 0.221 e. The molecule has 0 aliphatic heterocycles. The summed E-state index contributed by atoms with van der Waals surface area (Å²) in [7, 11) is 1.97. The lowest BCUT2D eigenvalue weighted by atomic mass is 10.4. The molecular weight excluding hydrogens is 204 g/mol. The van der Waals surface area contributed by atoms with E-state index in [-0.39, 0.29) is 0 Å². The van der Waals surface area contributed by atoms with Crippen LogP contribution in [0.4, 0.5) is 11.8 Å². The van der Waals surface area contributed by atoms with Crippen molar-refractivity contribution in [1.82, 2.24) is 9.97 Å². The van der Waals surface area contributed by atoms with Gasteiger partial charge in [-0.1, -0.05) is 0 Å². The van der Waals surface area contributed by atoms with Gasteiger partial charge >= 0.3 is 0 Å². The molecule has 0 saturated heterocycles. The van der Waals surface area contributed by atoms with Gasteiger partial charge in [-0.3, -0.25) is 0 Å². The maximum absolute atomic E-state index is 5.56. The number of anilines is 2. The van der Waals surface area contributed by atoms with Crippen LogP contribution in [0.1, 0.15) is 12.8 Å². The molecule has 0 radical (unpaired) electrons. The summed E-state index contributed by atoms with van der Waals surface area (Å²) in [5, 5.41) is 0. The van der Waals surface area contributed by atoms with Crippen molar-refractivity contribution >= 4 is 11.8 Å². The number of aromatic nitrogens is 2. The first-order valence-electron chi connectivity index (χ1n) is 5.63. The number of ether oxygens (including phenoxy) is 1. The van der Waals surface area contributed by atoms with E-state index in [4.69, 9.17) is 10.5 Å². The van der Waals surface area contributed by atoms with E-state index >= 15 is 0 Å². The van der Waals surface area contributed by atoms with E-state index in [1.54, 1.807) is 6.20 Å². The number of hydrogen-bond donors (Lipinski definition) is 1. The Balaban J connectivity index is 1.71. The Morgan fingerprint density at radius 2 is 2.38 bits per heavy atom. The Labute approximate surface area is 95.6 Å². The highest BCUT2D eigenvalue weighted by Crippen LogP contribution is 2.28. The second kappa shape index (κ2) is 5.12. The lowest BCUT2D eigenvalue weighted by Crippen LogP contribution is -2.24. The molecule has 0 spiro atoms. The Hall–Kier alpha value is -1.36. The summed E-state index contributed by atoms with van der Waals surface area (Å²) in [6.45, 7) is 2.46. The monoisotopic (exact) mass is 222 g/mol. The van der Waals surface area contributed by atoms with E-state index in [0.29, 0.717) is 5.95 Å². The third-order valence-electron chi connectivity index (χ3n) is 2.67. The summed E-state index contributed by atoms with van der Waals surface area (Å²) in [6, 6.07) is 1.84. The molecule has 5 heteroatoms. The number of hydrogen-bond acceptors (Lipinski definition) is 5. The van der Waals surface area contributed by atoms with Crippen molar-refractivity contribution in [1.29, 1.82) is 0 Å². The van der Waals surface area contributed by atoms with Gasteiger partial charge in [0.15, 0.2) is 0 Å². The highest BCUT2D eigenvalue weighted by atomic mass is 16.5. The zero-order valence-electron chi connectivity index (χ0n) is 9.59. The third-order valence-corrected chi connectivity index (χ3v) is 2.67. The van der Waals surface area contributed by atoms with Crippen LogP contribution in [0, 0.1) is 5.92 Å². The van der Waals surface area contributed by atoms with Gasteiger partial charge in [0.1, 0.15) is 5.82 Å². The zero-order valence-corrected chi connectivity index (χ0v) is 9.59. The molecule has 88 valence electrons. The first kappa shape index (κ1) is 11.1. The van der Waals surface area contributed by atoms with Gasteiger partial charge in [0, 0.05) is 26.4 Å². The van der Waals surface area contributed by atoms with Crippen LogP contribution >= 0.6 is 0 Å². The quantitative estimate of drug-likeness (QED) is 0.725. The van der Waals surface area contributed by atoms with Crippen molar-refractivity contribution in [2.24, 2.45) is 5.92 Å². The van der Waals surface area contributed by atoms with Crippen LogP contribution in [0.25, 0.3) is 0 Å². The first-order valence-corrected chi connectivity index (χ1v) is 5.63. The second-order valence-corrected chi connectivity index (χ2v) is 4.21. The molecule has 2 N–H and O–H groups in total. The van der Waals surface area contributed by atoms with Crippen molar-refractivity contribution in [3.8, 4) is 0 Å². The fourth-order valence-electron chi connectivity index (χ4n) is 1.43. The number of nitrogens with zero attached hydrogens (tertiary/aromatic N) is 3. The largest absolute Gasteiger partial charge is 0.379 e. The molecule has 16 heavy (non-hydrogen) atoms. The van der Waals surface area contributed by atoms with E-state index in [9.17, 15) is 0 Å². The zero-order chi connectivity index (χ0) is 11.4. The van der Waals surface area contributed by atoms with E-state index in [1.165, 1.54) is 12.8 Å². The van der Waals surface area contributed by atoms with Crippen molar-refractivity contribution in [2.75, 3.05) is 37.4 Å². The van der Waals surface area contributed by atoms with Crippen molar-refractivity contribution in [2.45, 2.75) is 12.8 Å². The van der Waals surface area contributed by atoms with E-state index in [0.717, 1.165) is 31.5 Å². The molecule has 1 aliphatic rings. The average Bonchev–Trinajstić information content (AvgIpc) is 3.08. The van der Waals surface area contributed by atoms with Gasteiger partial charge in [-0.15, -0.1) is 0 Å². The maximum atomic E-state index is 5.56. The minimum atomic E-state index is 0.309. The number of likely N-dealkylation sites (N-methyl/N-ethyl adjacent to an activating group) is 1. The average molecular weight is 222 g/mol. The predicted octanol–water partition coefficient (Wildman–Crippen LogP) is 0.922. The molecule has 0 bridgehead atoms. The minimum absolute atomic E-state index is 0.309. The first-order chi connectivity index (χ1) is 7.75. The highest BCUT2D eigenvalue weighted by molar-refractivity contribution is 5.39. The lowest BCUT2D eigenvalue weighted by molar-refractivity contribution is 0.131. The molecule has 1 aromatic heterocycles. The standard InChI is InChI=1S/C11H18N4O/c1-15(6-7-16-8-9-2-3-9)10-4-5-13-11(12)14-10/h4-5,9H,2-3,6-8H2,1H3,(H2,12,13,14). The van der Waals surface area contributed by atoms with Gasteiger partial charge < -0.3 is 15.4 Å². The van der Waals surface area contributed by atoms with Crippen LogP contribution in [0.2, 0.25) is 0 Å². The van der Waals surface area contributed by atoms with Crippen molar-refractivity contribution < 1.29 is 4.74 Å². The van der Waals surface area contributed by atoms with Gasteiger partial charge in [-0.05, 0) is 24.8 Å². The van der Waals surface area contributed by atoms with Crippen molar-refractivity contribution in [3.05, 3.63) is 12.3 Å². The molecule has 1 aromatic rings. The summed E-state index contributed by atoms with van der Waals surface area (Å²) in [5.41, 5.74) is 5.52. The molecule has 0 aromatic carbocycles. The Bertz CT molecular complexity index is 341. The molecule has 1 heterocycles. The SMILES string of the molecule is CN(CCOCC1CC1)c1ccnc(N)n1. The highest BCUT2D eigenvalue weighted by Gasteiger charge is 2.20. The normalized spacial score (nSPS) is 15.1. The van der Waals surface area contributed by atoms with Crippen LogP contribution in [0.15, 0.2) is 12.3 Å². The van der Waals surface area contributed by atoms with Gasteiger partial charge in [0.25, 0.3) is 0 Å². The fraction of sp³-hybridized carbons (Fsp3) is 0.636. The fourth-order valence-corrected chi connectivity index (χ4v) is 1.43. The minimum Gasteiger partial charge on any atom is -0.379 e. The maximum Gasteiger partial charge on any atom is 0.221 e. The Morgan fingerprint density at radius 3 is 3.06 bits per heavy atom. The molecule has 1 saturated carbocycles. The second-order valence-electron chi connectivity index (χ2n) is 4.21.